The van der Waals surface area contributed by atoms with E-state index in [1.54, 1.807) is 12.5 Å². The van der Waals surface area contributed by atoms with Gasteiger partial charge in [-0.3, -0.25) is 4.98 Å². The molecule has 0 spiro atoms. The number of aromatic carboxylic acids is 1. The summed E-state index contributed by atoms with van der Waals surface area (Å²) in [6.07, 6.45) is 4.56. The molecule has 0 bridgehead atoms. The minimum Gasteiger partial charge on any atom is -0.478 e. The Balaban J connectivity index is 2.80. The van der Waals surface area contributed by atoms with Crippen LogP contribution in [0.1, 0.15) is 30.2 Å². The van der Waals surface area contributed by atoms with Crippen molar-refractivity contribution < 1.29 is 9.90 Å². The van der Waals surface area contributed by atoms with Gasteiger partial charge in [-0.2, -0.15) is 0 Å². The van der Waals surface area contributed by atoms with E-state index in [4.69, 9.17) is 5.11 Å². The average molecular weight is 205 g/mol. The Morgan fingerprint density at radius 2 is 2.20 bits per heavy atom. The lowest BCUT2D eigenvalue weighted by atomic mass is 10.2. The molecular weight excluding hydrogens is 194 g/mol. The standard InChI is InChI=1S/C10H11N3O2/c1-6(2)13-5-12-8-4-11-3-7(9(8)13)10(14)15/h3-6H,1-2H3,(H,14,15). The van der Waals surface area contributed by atoms with Crippen molar-refractivity contribution in [3.05, 3.63) is 24.3 Å². The normalized spacial score (nSPS) is 11.1. The number of nitrogens with zero attached hydrogens (tertiary/aromatic N) is 3. The van der Waals surface area contributed by atoms with Gasteiger partial charge in [0, 0.05) is 12.2 Å². The fourth-order valence-electron chi connectivity index (χ4n) is 1.54. The Bertz CT molecular complexity index is 516. The predicted octanol–water partition coefficient (Wildman–Crippen LogP) is 1.71. The van der Waals surface area contributed by atoms with Crippen LogP contribution in [0.5, 0.6) is 0 Å². The molecule has 78 valence electrons. The van der Waals surface area contributed by atoms with E-state index >= 15 is 0 Å². The summed E-state index contributed by atoms with van der Waals surface area (Å²) in [4.78, 5) is 19.0. The van der Waals surface area contributed by atoms with Crippen molar-refractivity contribution in [1.29, 1.82) is 0 Å². The largest absolute Gasteiger partial charge is 0.478 e. The highest BCUT2D eigenvalue weighted by Crippen LogP contribution is 2.20. The smallest absolute Gasteiger partial charge is 0.339 e. The van der Waals surface area contributed by atoms with Gasteiger partial charge in [0.05, 0.1) is 18.0 Å². The van der Waals surface area contributed by atoms with Gasteiger partial charge in [-0.1, -0.05) is 0 Å². The fraction of sp³-hybridized carbons (Fsp3) is 0.300. The Labute approximate surface area is 86.4 Å². The van der Waals surface area contributed by atoms with Crippen LogP contribution in [0.4, 0.5) is 0 Å². The molecule has 5 heteroatoms. The topological polar surface area (TPSA) is 68.0 Å². The number of hydrogen-bond donors (Lipinski definition) is 1. The molecule has 0 unspecified atom stereocenters. The minimum atomic E-state index is -0.976. The van der Waals surface area contributed by atoms with E-state index < -0.39 is 5.97 Å². The van der Waals surface area contributed by atoms with Crippen molar-refractivity contribution in [3.8, 4) is 0 Å². The molecule has 1 N–H and O–H groups in total. The van der Waals surface area contributed by atoms with Gasteiger partial charge in [-0.15, -0.1) is 0 Å². The summed E-state index contributed by atoms with van der Waals surface area (Å²) >= 11 is 0. The van der Waals surface area contributed by atoms with Gasteiger partial charge in [0.2, 0.25) is 0 Å². The minimum absolute atomic E-state index is 0.176. The lowest BCUT2D eigenvalue weighted by Crippen LogP contribution is -2.05. The molecule has 0 aliphatic rings. The third kappa shape index (κ3) is 1.45. The van der Waals surface area contributed by atoms with Crippen molar-refractivity contribution in [2.75, 3.05) is 0 Å². The number of imidazole rings is 1. The van der Waals surface area contributed by atoms with Crippen molar-refractivity contribution in [2.24, 2.45) is 0 Å². The molecule has 0 radical (unpaired) electrons. The van der Waals surface area contributed by atoms with Crippen molar-refractivity contribution in [1.82, 2.24) is 14.5 Å². The van der Waals surface area contributed by atoms with Gasteiger partial charge in [0.25, 0.3) is 0 Å². The van der Waals surface area contributed by atoms with Crippen LogP contribution in [-0.2, 0) is 0 Å². The van der Waals surface area contributed by atoms with Crippen LogP contribution < -0.4 is 0 Å². The summed E-state index contributed by atoms with van der Waals surface area (Å²) in [6, 6.07) is 0.176. The number of carboxylic acid groups (broad SMARTS) is 1. The second-order valence-electron chi connectivity index (χ2n) is 3.61. The molecule has 2 aromatic rings. The molecule has 15 heavy (non-hydrogen) atoms. The maximum Gasteiger partial charge on any atom is 0.339 e. The molecule has 0 aliphatic carbocycles. The van der Waals surface area contributed by atoms with Crippen LogP contribution >= 0.6 is 0 Å². The monoisotopic (exact) mass is 205 g/mol. The van der Waals surface area contributed by atoms with Crippen LogP contribution in [0.2, 0.25) is 0 Å². The van der Waals surface area contributed by atoms with Gasteiger partial charge in [-0.25, -0.2) is 9.78 Å². The van der Waals surface area contributed by atoms with E-state index in [0.29, 0.717) is 11.0 Å². The number of fused-ring (bicyclic) bond motifs is 1. The third-order valence-corrected chi connectivity index (χ3v) is 2.26. The van der Waals surface area contributed by atoms with E-state index in [1.165, 1.54) is 6.20 Å². The van der Waals surface area contributed by atoms with E-state index in [9.17, 15) is 4.79 Å². The third-order valence-electron chi connectivity index (χ3n) is 2.26. The Kier molecular flexibility index (Phi) is 2.15. The Hall–Kier alpha value is -1.91. The highest BCUT2D eigenvalue weighted by atomic mass is 16.4. The summed E-state index contributed by atoms with van der Waals surface area (Å²) < 4.78 is 1.83. The second-order valence-corrected chi connectivity index (χ2v) is 3.61. The lowest BCUT2D eigenvalue weighted by Gasteiger charge is -2.09. The summed E-state index contributed by atoms with van der Waals surface area (Å²) in [5, 5.41) is 9.03. The highest BCUT2D eigenvalue weighted by molar-refractivity contribution is 6.00. The second kappa shape index (κ2) is 3.34. The number of pyridine rings is 1. The van der Waals surface area contributed by atoms with E-state index in [-0.39, 0.29) is 11.6 Å². The first-order valence-corrected chi connectivity index (χ1v) is 4.65. The van der Waals surface area contributed by atoms with E-state index in [2.05, 4.69) is 9.97 Å². The van der Waals surface area contributed by atoms with E-state index in [1.807, 2.05) is 18.4 Å². The summed E-state index contributed by atoms with van der Waals surface area (Å²) in [5.41, 5.74) is 1.44. The van der Waals surface area contributed by atoms with Gasteiger partial charge in [-0.05, 0) is 13.8 Å². The first-order chi connectivity index (χ1) is 7.11. The molecule has 0 aromatic carbocycles. The van der Waals surface area contributed by atoms with Crippen LogP contribution in [0.3, 0.4) is 0 Å². The summed E-state index contributed by atoms with van der Waals surface area (Å²) in [6.45, 7) is 3.96. The van der Waals surface area contributed by atoms with Gasteiger partial charge in [0.15, 0.2) is 0 Å². The van der Waals surface area contributed by atoms with Gasteiger partial charge >= 0.3 is 5.97 Å². The average Bonchev–Trinajstić information content (AvgIpc) is 2.60. The predicted molar refractivity (Wildman–Crippen MR) is 54.9 cm³/mol. The molecular formula is C10H11N3O2. The van der Waals surface area contributed by atoms with Crippen molar-refractivity contribution in [3.63, 3.8) is 0 Å². The van der Waals surface area contributed by atoms with Crippen LogP contribution in [0, 0.1) is 0 Å². The van der Waals surface area contributed by atoms with Gasteiger partial charge in [0.1, 0.15) is 11.1 Å². The molecule has 2 heterocycles. The quantitative estimate of drug-likeness (QED) is 0.810. The zero-order valence-corrected chi connectivity index (χ0v) is 8.51. The van der Waals surface area contributed by atoms with Crippen LogP contribution in [0.25, 0.3) is 11.0 Å². The molecule has 5 nitrogen and oxygen atoms in total. The molecule has 0 aliphatic heterocycles. The Morgan fingerprint density at radius 3 is 2.80 bits per heavy atom. The zero-order chi connectivity index (χ0) is 11.0. The molecule has 0 saturated carbocycles. The number of aromatic nitrogens is 3. The lowest BCUT2D eigenvalue weighted by molar-refractivity contribution is 0.0698. The number of rotatable bonds is 2. The highest BCUT2D eigenvalue weighted by Gasteiger charge is 2.14. The van der Waals surface area contributed by atoms with Crippen LogP contribution in [0.15, 0.2) is 18.7 Å². The zero-order valence-electron chi connectivity index (χ0n) is 8.51. The molecule has 2 rings (SSSR count). The Morgan fingerprint density at radius 1 is 1.47 bits per heavy atom. The molecule has 2 aromatic heterocycles. The fourth-order valence-corrected chi connectivity index (χ4v) is 1.54. The molecule has 0 fully saturated rings. The van der Waals surface area contributed by atoms with Crippen LogP contribution in [-0.4, -0.2) is 25.6 Å². The SMILES string of the molecule is CC(C)n1cnc2cncc(C(=O)O)c21. The van der Waals surface area contributed by atoms with Crippen molar-refractivity contribution in [2.45, 2.75) is 19.9 Å². The first-order valence-electron chi connectivity index (χ1n) is 4.65. The van der Waals surface area contributed by atoms with E-state index in [0.717, 1.165) is 0 Å². The molecule has 0 saturated heterocycles. The maximum atomic E-state index is 11.0. The molecule has 0 amide bonds. The van der Waals surface area contributed by atoms with Crippen molar-refractivity contribution >= 4 is 17.0 Å². The van der Waals surface area contributed by atoms with Gasteiger partial charge < -0.3 is 9.67 Å². The number of carbonyl (C=O) groups is 1. The first kappa shape index (κ1) is 9.64. The summed E-state index contributed by atoms with van der Waals surface area (Å²) in [5.74, 6) is -0.976. The maximum absolute atomic E-state index is 11.0. The number of carboxylic acids is 1. The summed E-state index contributed by atoms with van der Waals surface area (Å²) in [7, 11) is 0. The molecule has 0 atom stereocenters. The number of hydrogen-bond acceptors (Lipinski definition) is 3.